The molecule has 0 aliphatic rings. The van der Waals surface area contributed by atoms with E-state index in [-0.39, 0.29) is 0 Å². The van der Waals surface area contributed by atoms with Crippen LogP contribution in [0.25, 0.3) is 0 Å². The lowest BCUT2D eigenvalue weighted by Crippen LogP contribution is -2.08. The lowest BCUT2D eigenvalue weighted by Gasteiger charge is -2.19. The molecule has 0 saturated carbocycles. The van der Waals surface area contributed by atoms with Crippen molar-refractivity contribution >= 4 is 11.4 Å². The standard InChI is InChI=1S/C35H42N2/c1-4-25(23-26-7-11-28(12-8-26)34(5-2)30-15-19-32(36)20-16-30)24-27-9-13-29(14-10-27)35(6-3)31-17-21-33(37)22-18-31/h7-22,25,34-35H,4-6,23-24,36-37H2,1-3H3. The summed E-state index contributed by atoms with van der Waals surface area (Å²) < 4.78 is 0. The number of nitrogen functional groups attached to an aromatic ring is 2. The third-order valence-electron chi connectivity index (χ3n) is 7.88. The summed E-state index contributed by atoms with van der Waals surface area (Å²) in [7, 11) is 0. The smallest absolute Gasteiger partial charge is 0.0314 e. The number of anilines is 2. The summed E-state index contributed by atoms with van der Waals surface area (Å²) in [6, 6.07) is 35.3. The van der Waals surface area contributed by atoms with E-state index in [0.29, 0.717) is 17.8 Å². The van der Waals surface area contributed by atoms with Gasteiger partial charge in [0.05, 0.1) is 0 Å². The van der Waals surface area contributed by atoms with Gasteiger partial charge in [-0.15, -0.1) is 0 Å². The van der Waals surface area contributed by atoms with Crippen LogP contribution in [0.15, 0.2) is 97.1 Å². The molecule has 0 saturated heterocycles. The fraction of sp³-hybridized carbons (Fsp3) is 0.314. The average Bonchev–Trinajstić information content (AvgIpc) is 2.93. The van der Waals surface area contributed by atoms with Crippen molar-refractivity contribution in [3.05, 3.63) is 130 Å². The first kappa shape index (κ1) is 26.5. The first-order valence-electron chi connectivity index (χ1n) is 13.9. The summed E-state index contributed by atoms with van der Waals surface area (Å²) in [6.07, 6.45) is 5.55. The van der Waals surface area contributed by atoms with Crippen LogP contribution in [0.3, 0.4) is 0 Å². The van der Waals surface area contributed by atoms with Crippen LogP contribution in [-0.2, 0) is 12.8 Å². The van der Waals surface area contributed by atoms with Crippen molar-refractivity contribution in [2.75, 3.05) is 11.5 Å². The highest BCUT2D eigenvalue weighted by Crippen LogP contribution is 2.31. The molecular weight excluding hydrogens is 448 g/mol. The van der Waals surface area contributed by atoms with E-state index < -0.39 is 0 Å². The molecule has 4 aromatic carbocycles. The predicted molar refractivity (Wildman–Crippen MR) is 160 cm³/mol. The van der Waals surface area contributed by atoms with Crippen LogP contribution in [0, 0.1) is 5.92 Å². The molecule has 0 heterocycles. The van der Waals surface area contributed by atoms with Gasteiger partial charge in [0.15, 0.2) is 0 Å². The van der Waals surface area contributed by atoms with Gasteiger partial charge in [0.2, 0.25) is 0 Å². The van der Waals surface area contributed by atoms with E-state index in [0.717, 1.165) is 37.1 Å². The Balaban J connectivity index is 1.40. The molecule has 0 fully saturated rings. The largest absolute Gasteiger partial charge is 0.399 e. The molecule has 0 radical (unpaired) electrons. The molecule has 192 valence electrons. The maximum absolute atomic E-state index is 5.89. The maximum atomic E-state index is 5.89. The summed E-state index contributed by atoms with van der Waals surface area (Å²) in [5, 5.41) is 0. The highest BCUT2D eigenvalue weighted by atomic mass is 14.5. The monoisotopic (exact) mass is 490 g/mol. The molecule has 0 bridgehead atoms. The zero-order valence-corrected chi connectivity index (χ0v) is 22.7. The van der Waals surface area contributed by atoms with Gasteiger partial charge in [-0.25, -0.2) is 0 Å². The molecule has 2 atom stereocenters. The highest BCUT2D eigenvalue weighted by Gasteiger charge is 2.15. The maximum Gasteiger partial charge on any atom is 0.0314 e. The van der Waals surface area contributed by atoms with Crippen molar-refractivity contribution in [2.45, 2.75) is 64.7 Å². The number of hydrogen-bond acceptors (Lipinski definition) is 2. The minimum Gasteiger partial charge on any atom is -0.399 e. The Kier molecular flexibility index (Phi) is 9.06. The Morgan fingerprint density at radius 3 is 1.00 bits per heavy atom. The van der Waals surface area contributed by atoms with Crippen LogP contribution in [0.5, 0.6) is 0 Å². The Bertz CT molecular complexity index is 1120. The fourth-order valence-corrected chi connectivity index (χ4v) is 5.58. The van der Waals surface area contributed by atoms with Gasteiger partial charge < -0.3 is 11.5 Å². The van der Waals surface area contributed by atoms with Crippen LogP contribution >= 0.6 is 0 Å². The van der Waals surface area contributed by atoms with Gasteiger partial charge in [0.1, 0.15) is 0 Å². The van der Waals surface area contributed by atoms with E-state index in [1.165, 1.54) is 39.8 Å². The molecule has 2 heteroatoms. The molecule has 0 aliphatic heterocycles. The SMILES string of the molecule is CCC(Cc1ccc(C(CC)c2ccc(N)cc2)cc1)Cc1ccc(C(CC)c2ccc(N)cc2)cc1. The van der Waals surface area contributed by atoms with Crippen LogP contribution in [-0.4, -0.2) is 0 Å². The second kappa shape index (κ2) is 12.6. The number of nitrogens with two attached hydrogens (primary N) is 2. The second-order valence-electron chi connectivity index (χ2n) is 10.4. The number of rotatable bonds is 11. The quantitative estimate of drug-likeness (QED) is 0.206. The highest BCUT2D eigenvalue weighted by molar-refractivity contribution is 5.44. The third-order valence-corrected chi connectivity index (χ3v) is 7.88. The Labute approximate surface area is 223 Å². The Morgan fingerprint density at radius 1 is 0.432 bits per heavy atom. The van der Waals surface area contributed by atoms with Crippen molar-refractivity contribution in [3.63, 3.8) is 0 Å². The van der Waals surface area contributed by atoms with Crippen molar-refractivity contribution in [2.24, 2.45) is 5.92 Å². The van der Waals surface area contributed by atoms with Crippen LogP contribution in [0.2, 0.25) is 0 Å². The molecule has 2 unspecified atom stereocenters. The van der Waals surface area contributed by atoms with Crippen molar-refractivity contribution < 1.29 is 0 Å². The molecule has 37 heavy (non-hydrogen) atoms. The lowest BCUT2D eigenvalue weighted by atomic mass is 9.85. The zero-order valence-electron chi connectivity index (χ0n) is 22.7. The van der Waals surface area contributed by atoms with Gasteiger partial charge >= 0.3 is 0 Å². The molecule has 0 aliphatic carbocycles. The van der Waals surface area contributed by atoms with E-state index in [2.05, 4.69) is 93.6 Å². The van der Waals surface area contributed by atoms with Crippen LogP contribution in [0.1, 0.15) is 85.3 Å². The topological polar surface area (TPSA) is 52.0 Å². The summed E-state index contributed by atoms with van der Waals surface area (Å²) in [5.41, 5.74) is 21.7. The van der Waals surface area contributed by atoms with Crippen LogP contribution < -0.4 is 11.5 Å². The Hall–Kier alpha value is -3.52. The summed E-state index contributed by atoms with van der Waals surface area (Å²) in [6.45, 7) is 6.83. The van der Waals surface area contributed by atoms with Crippen LogP contribution in [0.4, 0.5) is 11.4 Å². The number of benzene rings is 4. The molecule has 0 aromatic heterocycles. The normalized spacial score (nSPS) is 13.7. The molecule has 4 aromatic rings. The molecule has 4 rings (SSSR count). The summed E-state index contributed by atoms with van der Waals surface area (Å²) in [4.78, 5) is 0. The van der Waals surface area contributed by atoms with E-state index in [1.54, 1.807) is 0 Å². The minimum atomic E-state index is 0.412. The summed E-state index contributed by atoms with van der Waals surface area (Å²) in [5.74, 6) is 1.46. The van der Waals surface area contributed by atoms with Gasteiger partial charge in [-0.1, -0.05) is 100.0 Å². The Morgan fingerprint density at radius 2 is 0.730 bits per heavy atom. The predicted octanol–water partition coefficient (Wildman–Crippen LogP) is 8.75. The lowest BCUT2D eigenvalue weighted by molar-refractivity contribution is 0.504. The molecule has 0 amide bonds. The van der Waals surface area contributed by atoms with E-state index in [4.69, 9.17) is 11.5 Å². The molecule has 4 N–H and O–H groups in total. The van der Waals surface area contributed by atoms with Crippen molar-refractivity contribution in [1.82, 2.24) is 0 Å². The second-order valence-corrected chi connectivity index (χ2v) is 10.4. The average molecular weight is 491 g/mol. The third kappa shape index (κ3) is 6.83. The van der Waals surface area contributed by atoms with Gasteiger partial charge in [-0.3, -0.25) is 0 Å². The van der Waals surface area contributed by atoms with Gasteiger partial charge in [-0.2, -0.15) is 0 Å². The fourth-order valence-electron chi connectivity index (χ4n) is 5.58. The van der Waals surface area contributed by atoms with Gasteiger partial charge in [0, 0.05) is 23.2 Å². The first-order valence-corrected chi connectivity index (χ1v) is 13.9. The van der Waals surface area contributed by atoms with Crippen molar-refractivity contribution in [1.29, 1.82) is 0 Å². The van der Waals surface area contributed by atoms with Gasteiger partial charge in [0.25, 0.3) is 0 Å². The molecule has 0 spiro atoms. The summed E-state index contributed by atoms with van der Waals surface area (Å²) >= 11 is 0. The van der Waals surface area contributed by atoms with E-state index >= 15 is 0 Å². The van der Waals surface area contributed by atoms with E-state index in [9.17, 15) is 0 Å². The molecular formula is C35H42N2. The zero-order chi connectivity index (χ0) is 26.2. The van der Waals surface area contributed by atoms with E-state index in [1.807, 2.05) is 24.3 Å². The molecule has 2 nitrogen and oxygen atoms in total. The number of hydrogen-bond donors (Lipinski definition) is 2. The van der Waals surface area contributed by atoms with Gasteiger partial charge in [-0.05, 0) is 89.2 Å². The minimum absolute atomic E-state index is 0.412. The first-order chi connectivity index (χ1) is 18.0. The van der Waals surface area contributed by atoms with Crippen molar-refractivity contribution in [3.8, 4) is 0 Å².